The van der Waals surface area contributed by atoms with Crippen molar-refractivity contribution in [2.75, 3.05) is 18.5 Å². The van der Waals surface area contributed by atoms with Crippen LogP contribution in [0, 0.1) is 13.8 Å². The standard InChI is InChI=1S/C14H23NO/c1-11-6-7-13(12(2)10-11)15-8-9-16-14(3,4)5/h6-7,10,15H,8-9H2,1-5H3. The summed E-state index contributed by atoms with van der Waals surface area (Å²) in [5.41, 5.74) is 3.73. The van der Waals surface area contributed by atoms with Crippen LogP contribution in [0.4, 0.5) is 5.69 Å². The molecule has 0 amide bonds. The highest BCUT2D eigenvalue weighted by molar-refractivity contribution is 5.51. The lowest BCUT2D eigenvalue weighted by Crippen LogP contribution is -2.23. The average molecular weight is 221 g/mol. The Morgan fingerprint density at radius 1 is 1.19 bits per heavy atom. The highest BCUT2D eigenvalue weighted by Crippen LogP contribution is 2.15. The van der Waals surface area contributed by atoms with Crippen LogP contribution in [0.2, 0.25) is 0 Å². The quantitative estimate of drug-likeness (QED) is 0.785. The van der Waals surface area contributed by atoms with Gasteiger partial charge in [0.15, 0.2) is 0 Å². The van der Waals surface area contributed by atoms with Gasteiger partial charge in [-0.05, 0) is 46.2 Å². The van der Waals surface area contributed by atoms with E-state index in [9.17, 15) is 0 Å². The van der Waals surface area contributed by atoms with Crippen molar-refractivity contribution in [3.05, 3.63) is 29.3 Å². The number of anilines is 1. The van der Waals surface area contributed by atoms with Crippen molar-refractivity contribution in [3.8, 4) is 0 Å². The zero-order chi connectivity index (χ0) is 12.2. The molecule has 0 fully saturated rings. The molecule has 0 saturated heterocycles. The maximum absolute atomic E-state index is 5.65. The molecule has 0 atom stereocenters. The molecule has 0 aromatic heterocycles. The largest absolute Gasteiger partial charge is 0.383 e. The Morgan fingerprint density at radius 3 is 2.44 bits per heavy atom. The van der Waals surface area contributed by atoms with Crippen molar-refractivity contribution in [2.45, 2.75) is 40.2 Å². The van der Waals surface area contributed by atoms with Gasteiger partial charge in [-0.15, -0.1) is 0 Å². The van der Waals surface area contributed by atoms with Crippen LogP contribution in [0.15, 0.2) is 18.2 Å². The molecule has 0 spiro atoms. The van der Waals surface area contributed by atoms with E-state index >= 15 is 0 Å². The molecule has 0 aliphatic carbocycles. The third-order valence-corrected chi connectivity index (χ3v) is 2.33. The zero-order valence-corrected chi connectivity index (χ0v) is 11.1. The molecule has 90 valence electrons. The number of benzene rings is 1. The lowest BCUT2D eigenvalue weighted by Gasteiger charge is -2.20. The molecule has 0 radical (unpaired) electrons. The minimum absolute atomic E-state index is 0.0516. The Balaban J connectivity index is 2.38. The van der Waals surface area contributed by atoms with Crippen LogP contribution in [0.5, 0.6) is 0 Å². The average Bonchev–Trinajstić information content (AvgIpc) is 2.13. The summed E-state index contributed by atoms with van der Waals surface area (Å²) in [5, 5.41) is 3.39. The monoisotopic (exact) mass is 221 g/mol. The third-order valence-electron chi connectivity index (χ3n) is 2.33. The molecule has 2 heteroatoms. The second-order valence-corrected chi connectivity index (χ2v) is 5.21. The number of rotatable bonds is 4. The molecule has 1 aromatic carbocycles. The van der Waals surface area contributed by atoms with E-state index in [4.69, 9.17) is 4.74 Å². The van der Waals surface area contributed by atoms with Gasteiger partial charge in [-0.25, -0.2) is 0 Å². The molecule has 16 heavy (non-hydrogen) atoms. The summed E-state index contributed by atoms with van der Waals surface area (Å²) in [4.78, 5) is 0. The van der Waals surface area contributed by atoms with Gasteiger partial charge in [0, 0.05) is 12.2 Å². The first-order valence-corrected chi connectivity index (χ1v) is 5.83. The summed E-state index contributed by atoms with van der Waals surface area (Å²) >= 11 is 0. The molecule has 0 unspecified atom stereocenters. The van der Waals surface area contributed by atoms with Gasteiger partial charge in [0.1, 0.15) is 0 Å². The van der Waals surface area contributed by atoms with E-state index in [2.05, 4.69) is 58.1 Å². The third kappa shape index (κ3) is 4.67. The molecule has 0 bridgehead atoms. The van der Waals surface area contributed by atoms with E-state index in [1.807, 2.05) is 0 Å². The first kappa shape index (κ1) is 13.0. The molecule has 2 nitrogen and oxygen atoms in total. The lowest BCUT2D eigenvalue weighted by molar-refractivity contribution is 0.00333. The first-order chi connectivity index (χ1) is 7.38. The van der Waals surface area contributed by atoms with Crippen molar-refractivity contribution < 1.29 is 4.74 Å². The SMILES string of the molecule is Cc1ccc(NCCOC(C)(C)C)c(C)c1. The Bertz CT molecular complexity index is 339. The van der Waals surface area contributed by atoms with Crippen LogP contribution in [0.3, 0.4) is 0 Å². The molecule has 0 saturated carbocycles. The Hall–Kier alpha value is -1.02. The zero-order valence-electron chi connectivity index (χ0n) is 11.1. The Morgan fingerprint density at radius 2 is 1.88 bits per heavy atom. The van der Waals surface area contributed by atoms with Gasteiger partial charge in [0.25, 0.3) is 0 Å². The van der Waals surface area contributed by atoms with Crippen molar-refractivity contribution in [3.63, 3.8) is 0 Å². The van der Waals surface area contributed by atoms with Gasteiger partial charge in [0.05, 0.1) is 12.2 Å². The van der Waals surface area contributed by atoms with E-state index < -0.39 is 0 Å². The maximum atomic E-state index is 5.65. The van der Waals surface area contributed by atoms with Crippen LogP contribution >= 0.6 is 0 Å². The topological polar surface area (TPSA) is 21.3 Å². The molecular weight excluding hydrogens is 198 g/mol. The van der Waals surface area contributed by atoms with Crippen molar-refractivity contribution in [1.82, 2.24) is 0 Å². The summed E-state index contributed by atoms with van der Waals surface area (Å²) in [6.45, 7) is 12.0. The Kier molecular flexibility index (Phi) is 4.36. The van der Waals surface area contributed by atoms with E-state index in [0.717, 1.165) is 13.2 Å². The molecule has 1 rings (SSSR count). The molecule has 1 aromatic rings. The van der Waals surface area contributed by atoms with Gasteiger partial charge >= 0.3 is 0 Å². The minimum atomic E-state index is -0.0516. The summed E-state index contributed by atoms with van der Waals surface area (Å²) in [6.07, 6.45) is 0. The van der Waals surface area contributed by atoms with Gasteiger partial charge in [-0.3, -0.25) is 0 Å². The summed E-state index contributed by atoms with van der Waals surface area (Å²) in [5.74, 6) is 0. The van der Waals surface area contributed by atoms with Crippen LogP contribution in [-0.4, -0.2) is 18.8 Å². The number of hydrogen-bond acceptors (Lipinski definition) is 2. The normalized spacial score (nSPS) is 11.6. The smallest absolute Gasteiger partial charge is 0.0646 e. The maximum Gasteiger partial charge on any atom is 0.0646 e. The molecule has 0 aliphatic heterocycles. The number of aryl methyl sites for hydroxylation is 2. The molecule has 0 aliphatic rings. The van der Waals surface area contributed by atoms with Gasteiger partial charge in [-0.2, -0.15) is 0 Å². The second kappa shape index (κ2) is 5.35. The van der Waals surface area contributed by atoms with Crippen LogP contribution < -0.4 is 5.32 Å². The lowest BCUT2D eigenvalue weighted by atomic mass is 10.1. The van der Waals surface area contributed by atoms with Crippen LogP contribution in [0.25, 0.3) is 0 Å². The summed E-state index contributed by atoms with van der Waals surface area (Å²) in [7, 11) is 0. The van der Waals surface area contributed by atoms with E-state index in [1.54, 1.807) is 0 Å². The predicted octanol–water partition coefficient (Wildman–Crippen LogP) is 3.53. The fourth-order valence-electron chi connectivity index (χ4n) is 1.55. The van der Waals surface area contributed by atoms with Crippen LogP contribution in [0.1, 0.15) is 31.9 Å². The van der Waals surface area contributed by atoms with E-state index in [-0.39, 0.29) is 5.60 Å². The number of ether oxygens (including phenoxy) is 1. The first-order valence-electron chi connectivity index (χ1n) is 5.83. The fraction of sp³-hybridized carbons (Fsp3) is 0.571. The summed E-state index contributed by atoms with van der Waals surface area (Å²) < 4.78 is 5.65. The van der Waals surface area contributed by atoms with Crippen molar-refractivity contribution in [2.24, 2.45) is 0 Å². The Labute approximate surface area is 99.0 Å². The second-order valence-electron chi connectivity index (χ2n) is 5.21. The minimum Gasteiger partial charge on any atom is -0.383 e. The van der Waals surface area contributed by atoms with E-state index in [0.29, 0.717) is 0 Å². The molecule has 0 heterocycles. The predicted molar refractivity (Wildman–Crippen MR) is 70.1 cm³/mol. The van der Waals surface area contributed by atoms with Gasteiger partial charge in [-0.1, -0.05) is 17.7 Å². The van der Waals surface area contributed by atoms with E-state index in [1.165, 1.54) is 16.8 Å². The highest BCUT2D eigenvalue weighted by Gasteiger charge is 2.08. The van der Waals surface area contributed by atoms with Gasteiger partial charge in [0.2, 0.25) is 0 Å². The van der Waals surface area contributed by atoms with Crippen molar-refractivity contribution >= 4 is 5.69 Å². The highest BCUT2D eigenvalue weighted by atomic mass is 16.5. The molecule has 1 N–H and O–H groups in total. The number of nitrogens with one attached hydrogen (secondary N) is 1. The number of hydrogen-bond donors (Lipinski definition) is 1. The van der Waals surface area contributed by atoms with Gasteiger partial charge < -0.3 is 10.1 Å². The van der Waals surface area contributed by atoms with Crippen LogP contribution in [-0.2, 0) is 4.74 Å². The van der Waals surface area contributed by atoms with Crippen molar-refractivity contribution in [1.29, 1.82) is 0 Å². The fourth-order valence-corrected chi connectivity index (χ4v) is 1.55. The molecular formula is C14H23NO. The summed E-state index contributed by atoms with van der Waals surface area (Å²) in [6, 6.07) is 6.44.